The van der Waals surface area contributed by atoms with Crippen LogP contribution in [0.1, 0.15) is 19.4 Å². The smallest absolute Gasteiger partial charge is 0.142 e. The lowest BCUT2D eigenvalue weighted by Crippen LogP contribution is -2.06. The number of hydrogen-bond acceptors (Lipinski definition) is 2. The zero-order chi connectivity index (χ0) is 10.4. The molecule has 1 aromatic rings. The fraction of sp³-hybridized carbons (Fsp3) is 0.250. The molecule has 2 heteroatoms. The fourth-order valence-corrected chi connectivity index (χ4v) is 1.12. The number of para-hydroxylation sites is 1. The van der Waals surface area contributed by atoms with Crippen molar-refractivity contribution in [1.29, 1.82) is 0 Å². The first kappa shape index (κ1) is 10.5. The van der Waals surface area contributed by atoms with Gasteiger partial charge in [0.2, 0.25) is 0 Å². The lowest BCUT2D eigenvalue weighted by atomic mass is 10.2. The molecule has 0 spiro atoms. The molecule has 0 aliphatic carbocycles. The molecule has 74 valence electrons. The maximum absolute atomic E-state index is 10.2. The molecule has 0 saturated heterocycles. The van der Waals surface area contributed by atoms with E-state index < -0.39 is 0 Å². The lowest BCUT2D eigenvalue weighted by Gasteiger charge is -2.11. The summed E-state index contributed by atoms with van der Waals surface area (Å²) < 4.78 is 5.58. The van der Waals surface area contributed by atoms with Gasteiger partial charge >= 0.3 is 0 Å². The molecule has 0 fully saturated rings. The Bertz CT molecular complexity index is 327. The third kappa shape index (κ3) is 3.05. The van der Waals surface area contributed by atoms with Crippen LogP contribution in [0.3, 0.4) is 0 Å². The van der Waals surface area contributed by atoms with E-state index in [1.165, 1.54) is 6.08 Å². The number of benzene rings is 1. The molecule has 0 bridgehead atoms. The zero-order valence-electron chi connectivity index (χ0n) is 8.44. The first-order valence-electron chi connectivity index (χ1n) is 4.61. The normalized spacial score (nSPS) is 10.8. The van der Waals surface area contributed by atoms with Crippen LogP contribution in [0.2, 0.25) is 0 Å². The van der Waals surface area contributed by atoms with Crippen molar-refractivity contribution in [2.75, 3.05) is 0 Å². The Morgan fingerprint density at radius 1 is 1.29 bits per heavy atom. The van der Waals surface area contributed by atoms with E-state index in [2.05, 4.69) is 0 Å². The van der Waals surface area contributed by atoms with Gasteiger partial charge < -0.3 is 4.74 Å². The van der Waals surface area contributed by atoms with Gasteiger partial charge in [-0.3, -0.25) is 4.79 Å². The van der Waals surface area contributed by atoms with Gasteiger partial charge in [-0.15, -0.1) is 0 Å². The summed E-state index contributed by atoms with van der Waals surface area (Å²) in [5.41, 5.74) is 0.924. The van der Waals surface area contributed by atoms with Gasteiger partial charge in [0, 0.05) is 5.56 Å². The molecule has 0 N–H and O–H groups in total. The highest BCUT2D eigenvalue weighted by molar-refractivity contribution is 5.75. The van der Waals surface area contributed by atoms with Crippen molar-refractivity contribution >= 4 is 12.4 Å². The van der Waals surface area contributed by atoms with E-state index in [9.17, 15) is 4.79 Å². The minimum Gasteiger partial charge on any atom is -0.490 e. The molecule has 0 aliphatic rings. The maximum Gasteiger partial charge on any atom is 0.142 e. The summed E-state index contributed by atoms with van der Waals surface area (Å²) in [6, 6.07) is 7.63. The lowest BCUT2D eigenvalue weighted by molar-refractivity contribution is -0.104. The molecule has 0 unspecified atom stereocenters. The highest BCUT2D eigenvalue weighted by Crippen LogP contribution is 2.20. The van der Waals surface area contributed by atoms with Crippen molar-refractivity contribution < 1.29 is 9.53 Å². The van der Waals surface area contributed by atoms with Gasteiger partial charge in [0.15, 0.2) is 0 Å². The van der Waals surface area contributed by atoms with E-state index in [-0.39, 0.29) is 6.10 Å². The van der Waals surface area contributed by atoms with E-state index in [0.717, 1.165) is 17.6 Å². The number of allylic oxidation sites excluding steroid dienone is 1. The maximum atomic E-state index is 10.2. The van der Waals surface area contributed by atoms with Gasteiger partial charge in [-0.2, -0.15) is 0 Å². The van der Waals surface area contributed by atoms with Crippen LogP contribution in [0, 0.1) is 0 Å². The number of rotatable bonds is 4. The topological polar surface area (TPSA) is 26.3 Å². The van der Waals surface area contributed by atoms with Crippen LogP contribution in [0.5, 0.6) is 5.75 Å². The zero-order valence-corrected chi connectivity index (χ0v) is 8.44. The van der Waals surface area contributed by atoms with Crippen LogP contribution in [0.25, 0.3) is 6.08 Å². The number of hydrogen-bond donors (Lipinski definition) is 0. The molecule has 0 heterocycles. The summed E-state index contributed by atoms with van der Waals surface area (Å²) in [7, 11) is 0. The SMILES string of the molecule is CC(C)Oc1ccccc1/C=C/C=O. The molecule has 0 amide bonds. The summed E-state index contributed by atoms with van der Waals surface area (Å²) in [6.45, 7) is 3.94. The Morgan fingerprint density at radius 2 is 2.00 bits per heavy atom. The van der Waals surface area contributed by atoms with E-state index in [4.69, 9.17) is 4.74 Å². The molecule has 14 heavy (non-hydrogen) atoms. The quantitative estimate of drug-likeness (QED) is 0.539. The van der Waals surface area contributed by atoms with E-state index in [1.807, 2.05) is 38.1 Å². The fourth-order valence-electron chi connectivity index (χ4n) is 1.12. The van der Waals surface area contributed by atoms with Gasteiger partial charge in [-0.05, 0) is 32.1 Å². The Hall–Kier alpha value is -1.57. The van der Waals surface area contributed by atoms with Crippen molar-refractivity contribution in [1.82, 2.24) is 0 Å². The van der Waals surface area contributed by atoms with Gasteiger partial charge in [-0.1, -0.05) is 18.2 Å². The molecule has 0 saturated carbocycles. The van der Waals surface area contributed by atoms with Crippen LogP contribution in [0.4, 0.5) is 0 Å². The molecular weight excluding hydrogens is 176 g/mol. The average Bonchev–Trinajstić information content (AvgIpc) is 2.16. The first-order valence-corrected chi connectivity index (χ1v) is 4.61. The molecule has 2 nitrogen and oxygen atoms in total. The van der Waals surface area contributed by atoms with E-state index >= 15 is 0 Å². The minimum absolute atomic E-state index is 0.140. The Balaban J connectivity index is 2.90. The van der Waals surface area contributed by atoms with Crippen molar-refractivity contribution in [3.8, 4) is 5.75 Å². The Labute approximate surface area is 84.2 Å². The number of carbonyl (C=O) groups is 1. The number of aldehydes is 1. The largest absolute Gasteiger partial charge is 0.490 e. The number of ether oxygens (including phenoxy) is 1. The third-order valence-corrected chi connectivity index (χ3v) is 1.64. The molecule has 0 aromatic heterocycles. The predicted octanol–water partition coefficient (Wildman–Crippen LogP) is 2.69. The van der Waals surface area contributed by atoms with Crippen LogP contribution in [-0.4, -0.2) is 12.4 Å². The van der Waals surface area contributed by atoms with Crippen LogP contribution < -0.4 is 4.74 Å². The summed E-state index contributed by atoms with van der Waals surface area (Å²) in [5, 5.41) is 0. The van der Waals surface area contributed by atoms with E-state index in [0.29, 0.717) is 0 Å². The Kier molecular flexibility index (Phi) is 3.92. The second kappa shape index (κ2) is 5.22. The Morgan fingerprint density at radius 3 is 2.64 bits per heavy atom. The molecule has 1 rings (SSSR count). The summed E-state index contributed by atoms with van der Waals surface area (Å²) in [6.07, 6.45) is 4.10. The summed E-state index contributed by atoms with van der Waals surface area (Å²) >= 11 is 0. The van der Waals surface area contributed by atoms with Crippen molar-refractivity contribution in [3.05, 3.63) is 35.9 Å². The van der Waals surface area contributed by atoms with Crippen molar-refractivity contribution in [2.24, 2.45) is 0 Å². The molecule has 0 aliphatic heterocycles. The second-order valence-electron chi connectivity index (χ2n) is 3.20. The summed E-state index contributed by atoms with van der Waals surface area (Å²) in [4.78, 5) is 10.2. The van der Waals surface area contributed by atoms with Crippen molar-refractivity contribution in [2.45, 2.75) is 20.0 Å². The first-order chi connectivity index (χ1) is 6.74. The highest BCUT2D eigenvalue weighted by atomic mass is 16.5. The third-order valence-electron chi connectivity index (χ3n) is 1.64. The van der Waals surface area contributed by atoms with Gasteiger partial charge in [0.05, 0.1) is 6.10 Å². The van der Waals surface area contributed by atoms with Crippen LogP contribution in [-0.2, 0) is 4.79 Å². The molecule has 1 aromatic carbocycles. The van der Waals surface area contributed by atoms with Crippen LogP contribution in [0.15, 0.2) is 30.3 Å². The van der Waals surface area contributed by atoms with Crippen LogP contribution >= 0.6 is 0 Å². The van der Waals surface area contributed by atoms with E-state index in [1.54, 1.807) is 6.08 Å². The highest BCUT2D eigenvalue weighted by Gasteiger charge is 2.00. The molecule has 0 atom stereocenters. The summed E-state index contributed by atoms with van der Waals surface area (Å²) in [5.74, 6) is 0.806. The average molecular weight is 190 g/mol. The number of carbonyl (C=O) groups excluding carboxylic acids is 1. The van der Waals surface area contributed by atoms with Crippen molar-refractivity contribution in [3.63, 3.8) is 0 Å². The molecular formula is C12H14O2. The van der Waals surface area contributed by atoms with Gasteiger partial charge in [-0.25, -0.2) is 0 Å². The second-order valence-corrected chi connectivity index (χ2v) is 3.20. The molecule has 0 radical (unpaired) electrons. The van der Waals surface area contributed by atoms with Gasteiger partial charge in [0.25, 0.3) is 0 Å². The standard InChI is InChI=1S/C12H14O2/c1-10(2)14-12-8-4-3-6-11(12)7-5-9-13/h3-10H,1-2H3/b7-5+. The minimum atomic E-state index is 0.140. The van der Waals surface area contributed by atoms with Gasteiger partial charge in [0.1, 0.15) is 12.0 Å². The predicted molar refractivity (Wildman–Crippen MR) is 57.3 cm³/mol. The monoisotopic (exact) mass is 190 g/mol.